The average molecular weight is 342 g/mol. The highest BCUT2D eigenvalue weighted by Crippen LogP contribution is 2.26. The predicted molar refractivity (Wildman–Crippen MR) is 81.6 cm³/mol. The average Bonchev–Trinajstić information content (AvgIpc) is 2.36. The van der Waals surface area contributed by atoms with Gasteiger partial charge >= 0.3 is 0 Å². The van der Waals surface area contributed by atoms with Crippen molar-refractivity contribution in [3.05, 3.63) is 33.6 Å². The summed E-state index contributed by atoms with van der Waals surface area (Å²) in [6, 6.07) is 2.58. The van der Waals surface area contributed by atoms with Gasteiger partial charge in [0.15, 0.2) is 0 Å². The smallest absolute Gasteiger partial charge is 0.255 e. The first kappa shape index (κ1) is 17.5. The van der Waals surface area contributed by atoms with E-state index in [1.54, 1.807) is 4.90 Å². The molecule has 1 N–H and O–H groups in total. The van der Waals surface area contributed by atoms with Crippen LogP contribution in [0.1, 0.15) is 24.2 Å². The van der Waals surface area contributed by atoms with Crippen LogP contribution in [0.2, 0.25) is 10.0 Å². The lowest BCUT2D eigenvalue weighted by atomic mass is 10.1. The first-order valence-corrected chi connectivity index (χ1v) is 6.86. The quantitative estimate of drug-likeness (QED) is 0.794. The molecule has 112 valence electrons. The highest BCUT2D eigenvalue weighted by Gasteiger charge is 2.30. The second-order valence-electron chi connectivity index (χ2n) is 4.73. The molecule has 2 atom stereocenters. The van der Waals surface area contributed by atoms with E-state index in [1.165, 1.54) is 6.07 Å². The number of hydrogen-bond donors (Lipinski definition) is 1. The lowest BCUT2D eigenvalue weighted by molar-refractivity contribution is 0.0602. The summed E-state index contributed by atoms with van der Waals surface area (Å²) in [5, 5.41) is 3.38. The standard InChI is InChI=1S/C13H15Cl2FN2O.ClH/c1-7-8(2)18(4-3-17-7)13(19)9-5-12(16)11(15)6-10(9)14;/h5-8,17H,3-4H2,1-2H3;1H. The fourth-order valence-electron chi connectivity index (χ4n) is 2.18. The molecular formula is C13H16Cl3FN2O. The second kappa shape index (κ2) is 6.94. The molecule has 1 fully saturated rings. The highest BCUT2D eigenvalue weighted by molar-refractivity contribution is 6.36. The van der Waals surface area contributed by atoms with Gasteiger partial charge in [0.1, 0.15) is 5.82 Å². The van der Waals surface area contributed by atoms with Gasteiger partial charge in [0.25, 0.3) is 5.91 Å². The van der Waals surface area contributed by atoms with Gasteiger partial charge in [-0.3, -0.25) is 4.79 Å². The maximum Gasteiger partial charge on any atom is 0.255 e. The Hall–Kier alpha value is -0.550. The minimum Gasteiger partial charge on any atom is -0.333 e. The zero-order valence-corrected chi connectivity index (χ0v) is 13.4. The molecule has 0 bridgehead atoms. The van der Waals surface area contributed by atoms with Crippen molar-refractivity contribution in [2.24, 2.45) is 0 Å². The summed E-state index contributed by atoms with van der Waals surface area (Å²) in [6.07, 6.45) is 0. The van der Waals surface area contributed by atoms with Gasteiger partial charge in [-0.15, -0.1) is 12.4 Å². The lowest BCUT2D eigenvalue weighted by Gasteiger charge is -2.38. The van der Waals surface area contributed by atoms with Crippen LogP contribution in [0.5, 0.6) is 0 Å². The van der Waals surface area contributed by atoms with Crippen molar-refractivity contribution in [2.45, 2.75) is 25.9 Å². The Labute approximate surface area is 133 Å². The maximum atomic E-state index is 13.5. The first-order valence-electron chi connectivity index (χ1n) is 6.10. The van der Waals surface area contributed by atoms with Gasteiger partial charge in [-0.25, -0.2) is 4.39 Å². The number of carbonyl (C=O) groups excluding carboxylic acids is 1. The second-order valence-corrected chi connectivity index (χ2v) is 5.54. The van der Waals surface area contributed by atoms with Crippen LogP contribution in [0.25, 0.3) is 0 Å². The largest absolute Gasteiger partial charge is 0.333 e. The van der Waals surface area contributed by atoms with E-state index in [1.807, 2.05) is 13.8 Å². The number of carbonyl (C=O) groups is 1. The summed E-state index contributed by atoms with van der Waals surface area (Å²) in [5.41, 5.74) is 0.157. The molecule has 1 aromatic carbocycles. The summed E-state index contributed by atoms with van der Waals surface area (Å²) in [6.45, 7) is 5.25. The molecule has 1 aliphatic rings. The van der Waals surface area contributed by atoms with Crippen molar-refractivity contribution < 1.29 is 9.18 Å². The van der Waals surface area contributed by atoms with E-state index < -0.39 is 5.82 Å². The van der Waals surface area contributed by atoms with Gasteiger partial charge in [-0.1, -0.05) is 23.2 Å². The maximum absolute atomic E-state index is 13.5. The number of hydrogen-bond acceptors (Lipinski definition) is 2. The number of nitrogens with zero attached hydrogens (tertiary/aromatic N) is 1. The summed E-state index contributed by atoms with van der Waals surface area (Å²) >= 11 is 11.6. The van der Waals surface area contributed by atoms with Crippen molar-refractivity contribution in [3.63, 3.8) is 0 Å². The van der Waals surface area contributed by atoms with Gasteiger partial charge in [0.05, 0.1) is 15.6 Å². The molecule has 0 saturated carbocycles. The number of nitrogens with one attached hydrogen (secondary N) is 1. The molecule has 1 aliphatic heterocycles. The van der Waals surface area contributed by atoms with E-state index in [9.17, 15) is 9.18 Å². The van der Waals surface area contributed by atoms with Crippen LogP contribution in [-0.2, 0) is 0 Å². The molecule has 0 spiro atoms. The molecule has 2 unspecified atom stereocenters. The van der Waals surface area contributed by atoms with Crippen LogP contribution in [-0.4, -0.2) is 36.0 Å². The Kier molecular flexibility index (Phi) is 6.07. The van der Waals surface area contributed by atoms with Crippen LogP contribution in [0.4, 0.5) is 4.39 Å². The van der Waals surface area contributed by atoms with Crippen molar-refractivity contribution in [3.8, 4) is 0 Å². The van der Waals surface area contributed by atoms with Gasteiger partial charge < -0.3 is 10.2 Å². The Morgan fingerprint density at radius 1 is 1.35 bits per heavy atom. The number of amides is 1. The molecule has 1 aromatic rings. The van der Waals surface area contributed by atoms with Crippen LogP contribution >= 0.6 is 35.6 Å². The molecule has 1 saturated heterocycles. The topological polar surface area (TPSA) is 32.3 Å². The van der Waals surface area contributed by atoms with E-state index in [4.69, 9.17) is 23.2 Å². The molecule has 0 aromatic heterocycles. The highest BCUT2D eigenvalue weighted by atomic mass is 35.5. The fraction of sp³-hybridized carbons (Fsp3) is 0.462. The number of rotatable bonds is 1. The molecule has 3 nitrogen and oxygen atoms in total. The Morgan fingerprint density at radius 3 is 2.65 bits per heavy atom. The third-order valence-corrected chi connectivity index (χ3v) is 4.14. The first-order chi connectivity index (χ1) is 8.91. The molecule has 2 rings (SSSR count). The summed E-state index contributed by atoms with van der Waals surface area (Å²) in [7, 11) is 0. The van der Waals surface area contributed by atoms with Crippen molar-refractivity contribution in [2.75, 3.05) is 13.1 Å². The van der Waals surface area contributed by atoms with Crippen LogP contribution in [0, 0.1) is 5.82 Å². The molecule has 7 heteroatoms. The van der Waals surface area contributed by atoms with Crippen LogP contribution in [0.15, 0.2) is 12.1 Å². The molecular weight excluding hydrogens is 326 g/mol. The van der Waals surface area contributed by atoms with Gasteiger partial charge in [0, 0.05) is 25.2 Å². The third-order valence-electron chi connectivity index (χ3n) is 3.54. The van der Waals surface area contributed by atoms with Crippen molar-refractivity contribution in [1.82, 2.24) is 10.2 Å². The fourth-order valence-corrected chi connectivity index (χ4v) is 2.65. The zero-order valence-electron chi connectivity index (χ0n) is 11.1. The van der Waals surface area contributed by atoms with Crippen LogP contribution < -0.4 is 5.32 Å². The minimum absolute atomic E-state index is 0. The van der Waals surface area contributed by atoms with E-state index in [0.717, 1.165) is 6.07 Å². The summed E-state index contributed by atoms with van der Waals surface area (Å²) < 4.78 is 13.5. The molecule has 20 heavy (non-hydrogen) atoms. The third kappa shape index (κ3) is 3.37. The van der Waals surface area contributed by atoms with E-state index in [2.05, 4.69) is 5.32 Å². The van der Waals surface area contributed by atoms with Crippen LogP contribution in [0.3, 0.4) is 0 Å². The van der Waals surface area contributed by atoms with Gasteiger partial charge in [0.2, 0.25) is 0 Å². The molecule has 0 radical (unpaired) electrons. The van der Waals surface area contributed by atoms with Gasteiger partial charge in [-0.05, 0) is 26.0 Å². The number of halogens is 4. The van der Waals surface area contributed by atoms with Crippen molar-refractivity contribution >= 4 is 41.5 Å². The van der Waals surface area contributed by atoms with E-state index >= 15 is 0 Å². The van der Waals surface area contributed by atoms with Gasteiger partial charge in [-0.2, -0.15) is 0 Å². The lowest BCUT2D eigenvalue weighted by Crippen LogP contribution is -2.57. The monoisotopic (exact) mass is 340 g/mol. The number of piperazine rings is 1. The summed E-state index contributed by atoms with van der Waals surface area (Å²) in [5.74, 6) is -0.897. The van der Waals surface area contributed by atoms with E-state index in [-0.39, 0.29) is 46.0 Å². The molecule has 1 amide bonds. The zero-order chi connectivity index (χ0) is 14.2. The number of benzene rings is 1. The van der Waals surface area contributed by atoms with E-state index in [0.29, 0.717) is 13.1 Å². The van der Waals surface area contributed by atoms with Crippen molar-refractivity contribution in [1.29, 1.82) is 0 Å². The Balaban J connectivity index is 0.00000200. The minimum atomic E-state index is -0.634. The predicted octanol–water partition coefficient (Wildman–Crippen LogP) is 3.38. The normalized spacial score (nSPS) is 22.4. The molecule has 0 aliphatic carbocycles. The Morgan fingerprint density at radius 2 is 2.00 bits per heavy atom. The summed E-state index contributed by atoms with van der Waals surface area (Å²) in [4.78, 5) is 14.1. The Bertz CT molecular complexity index is 513. The molecule has 1 heterocycles. The SMILES string of the molecule is CC1NCCN(C(=O)c2cc(F)c(Cl)cc2Cl)C1C.Cl.